The number of nitrogens with zero attached hydrogens (tertiary/aromatic N) is 1. The number of nitrogens with one attached hydrogen (secondary N) is 2. The predicted molar refractivity (Wildman–Crippen MR) is 77.4 cm³/mol. The molecule has 0 spiro atoms. The lowest BCUT2D eigenvalue weighted by Crippen LogP contribution is -2.37. The molecule has 19 heavy (non-hydrogen) atoms. The number of carbonyl (C=O) groups is 1. The molecule has 0 aromatic carbocycles. The van der Waals surface area contributed by atoms with E-state index in [0.717, 1.165) is 0 Å². The van der Waals surface area contributed by atoms with Crippen LogP contribution in [0.2, 0.25) is 0 Å². The highest BCUT2D eigenvalue weighted by atomic mass is 16.1. The van der Waals surface area contributed by atoms with Crippen molar-refractivity contribution in [3.05, 3.63) is 28.7 Å². The summed E-state index contributed by atoms with van der Waals surface area (Å²) in [6.45, 7) is 9.28. The third-order valence-corrected chi connectivity index (χ3v) is 2.62. The quantitative estimate of drug-likeness (QED) is 0.849. The number of anilines is 1. The molecule has 0 unspecified atom stereocenters. The molecule has 1 rings (SSSR count). The Morgan fingerprint density at radius 3 is 2.58 bits per heavy atom. The van der Waals surface area contributed by atoms with Gasteiger partial charge >= 0.3 is 0 Å². The van der Waals surface area contributed by atoms with Crippen LogP contribution in [0, 0.1) is 0 Å². The van der Waals surface area contributed by atoms with Gasteiger partial charge in [-0.3, -0.25) is 9.59 Å². The first-order valence-electron chi connectivity index (χ1n) is 6.57. The first-order chi connectivity index (χ1) is 8.81. The fraction of sp³-hybridized carbons (Fsp3) is 0.571. The van der Waals surface area contributed by atoms with E-state index in [-0.39, 0.29) is 17.0 Å². The predicted octanol–water partition coefficient (Wildman–Crippen LogP) is 1.58. The van der Waals surface area contributed by atoms with Crippen molar-refractivity contribution < 1.29 is 4.79 Å². The van der Waals surface area contributed by atoms with Crippen LogP contribution in [-0.4, -0.2) is 22.6 Å². The van der Waals surface area contributed by atoms with Gasteiger partial charge < -0.3 is 15.2 Å². The molecule has 5 heteroatoms. The van der Waals surface area contributed by atoms with Gasteiger partial charge in [0.2, 0.25) is 5.91 Å². The molecule has 0 bridgehead atoms. The molecule has 1 amide bonds. The first kappa shape index (κ1) is 15.4. The highest BCUT2D eigenvalue weighted by Crippen LogP contribution is 2.04. The van der Waals surface area contributed by atoms with Gasteiger partial charge in [0.05, 0.1) is 5.69 Å². The lowest BCUT2D eigenvalue weighted by atomic mass is 10.1. The standard InChI is InChI=1S/C14H23N3O2/c1-5-17-10-11(6-7-13(17)19)16-12(18)8-9-15-14(2,3)4/h6-7,10,15H,5,8-9H2,1-4H3,(H,16,18). The normalized spacial score (nSPS) is 11.4. The summed E-state index contributed by atoms with van der Waals surface area (Å²) < 4.78 is 1.56. The Kier molecular flexibility index (Phi) is 5.30. The van der Waals surface area contributed by atoms with Gasteiger partial charge in [-0.25, -0.2) is 0 Å². The summed E-state index contributed by atoms with van der Waals surface area (Å²) in [5.74, 6) is -0.0574. The molecule has 0 aliphatic carbocycles. The molecule has 0 atom stereocenters. The molecule has 1 aromatic heterocycles. The van der Waals surface area contributed by atoms with Gasteiger partial charge in [0.15, 0.2) is 0 Å². The van der Waals surface area contributed by atoms with Gasteiger partial charge in [0.1, 0.15) is 0 Å². The largest absolute Gasteiger partial charge is 0.325 e. The molecule has 2 N–H and O–H groups in total. The monoisotopic (exact) mass is 265 g/mol. The Morgan fingerprint density at radius 2 is 2.00 bits per heavy atom. The van der Waals surface area contributed by atoms with Crippen LogP contribution >= 0.6 is 0 Å². The molecule has 1 heterocycles. The third-order valence-electron chi connectivity index (χ3n) is 2.62. The van der Waals surface area contributed by atoms with E-state index in [1.165, 1.54) is 6.07 Å². The van der Waals surface area contributed by atoms with Crippen LogP contribution in [-0.2, 0) is 11.3 Å². The Labute approximate surface area is 114 Å². The molecular formula is C14H23N3O2. The van der Waals surface area contributed by atoms with Crippen molar-refractivity contribution in [1.82, 2.24) is 9.88 Å². The summed E-state index contributed by atoms with van der Waals surface area (Å²) in [5, 5.41) is 6.05. The average molecular weight is 265 g/mol. The Bertz CT molecular complexity index is 486. The topological polar surface area (TPSA) is 63.1 Å². The van der Waals surface area contributed by atoms with Crippen molar-refractivity contribution in [2.75, 3.05) is 11.9 Å². The number of aryl methyl sites for hydroxylation is 1. The van der Waals surface area contributed by atoms with Crippen LogP contribution in [0.1, 0.15) is 34.1 Å². The van der Waals surface area contributed by atoms with E-state index in [2.05, 4.69) is 31.4 Å². The lowest BCUT2D eigenvalue weighted by molar-refractivity contribution is -0.116. The number of aromatic nitrogens is 1. The summed E-state index contributed by atoms with van der Waals surface area (Å²) in [5.41, 5.74) is 0.604. The van der Waals surface area contributed by atoms with Gasteiger partial charge in [0.25, 0.3) is 5.56 Å². The van der Waals surface area contributed by atoms with Crippen molar-refractivity contribution in [3.8, 4) is 0 Å². The van der Waals surface area contributed by atoms with Crippen molar-refractivity contribution in [3.63, 3.8) is 0 Å². The molecule has 0 aliphatic heterocycles. The Hall–Kier alpha value is -1.62. The fourth-order valence-corrected chi connectivity index (χ4v) is 1.63. The molecule has 106 valence electrons. The van der Waals surface area contributed by atoms with Crippen LogP contribution < -0.4 is 16.2 Å². The zero-order chi connectivity index (χ0) is 14.5. The van der Waals surface area contributed by atoms with E-state index in [9.17, 15) is 9.59 Å². The molecular weight excluding hydrogens is 242 g/mol. The first-order valence-corrected chi connectivity index (χ1v) is 6.57. The molecule has 0 fully saturated rings. The number of pyridine rings is 1. The summed E-state index contributed by atoms with van der Waals surface area (Å²) in [6, 6.07) is 3.09. The van der Waals surface area contributed by atoms with Crippen molar-refractivity contribution in [2.45, 2.75) is 46.2 Å². The van der Waals surface area contributed by atoms with Crippen molar-refractivity contribution in [1.29, 1.82) is 0 Å². The van der Waals surface area contributed by atoms with Crippen LogP contribution in [0.5, 0.6) is 0 Å². The lowest BCUT2D eigenvalue weighted by Gasteiger charge is -2.20. The maximum Gasteiger partial charge on any atom is 0.250 e. The SMILES string of the molecule is CCn1cc(NC(=O)CCNC(C)(C)C)ccc1=O. The summed E-state index contributed by atoms with van der Waals surface area (Å²) in [6.07, 6.45) is 2.07. The summed E-state index contributed by atoms with van der Waals surface area (Å²) in [7, 11) is 0. The zero-order valence-electron chi connectivity index (χ0n) is 12.1. The summed E-state index contributed by atoms with van der Waals surface area (Å²) >= 11 is 0. The number of carbonyl (C=O) groups excluding carboxylic acids is 1. The van der Waals surface area contributed by atoms with E-state index in [4.69, 9.17) is 0 Å². The Balaban J connectivity index is 2.51. The number of hydrogen-bond donors (Lipinski definition) is 2. The average Bonchev–Trinajstić information content (AvgIpc) is 2.30. The van der Waals surface area contributed by atoms with Crippen molar-refractivity contribution >= 4 is 11.6 Å². The van der Waals surface area contributed by atoms with E-state index >= 15 is 0 Å². The number of hydrogen-bond acceptors (Lipinski definition) is 3. The summed E-state index contributed by atoms with van der Waals surface area (Å²) in [4.78, 5) is 23.2. The number of rotatable bonds is 5. The minimum atomic E-state index is -0.0603. The molecule has 0 saturated heterocycles. The van der Waals surface area contributed by atoms with Crippen LogP contribution in [0.15, 0.2) is 23.1 Å². The second-order valence-electron chi connectivity index (χ2n) is 5.52. The van der Waals surface area contributed by atoms with Gasteiger partial charge in [-0.2, -0.15) is 0 Å². The van der Waals surface area contributed by atoms with Gasteiger partial charge in [-0.05, 0) is 33.8 Å². The smallest absolute Gasteiger partial charge is 0.250 e. The second-order valence-corrected chi connectivity index (χ2v) is 5.52. The Morgan fingerprint density at radius 1 is 1.32 bits per heavy atom. The maximum absolute atomic E-state index is 11.7. The van der Waals surface area contributed by atoms with E-state index in [1.807, 2.05) is 6.92 Å². The highest BCUT2D eigenvalue weighted by Gasteiger charge is 2.09. The third kappa shape index (κ3) is 5.70. The van der Waals surface area contributed by atoms with Gasteiger partial charge in [-0.15, -0.1) is 0 Å². The minimum Gasteiger partial charge on any atom is -0.325 e. The molecule has 0 aliphatic rings. The zero-order valence-corrected chi connectivity index (χ0v) is 12.1. The van der Waals surface area contributed by atoms with E-state index in [1.54, 1.807) is 16.8 Å². The fourth-order valence-electron chi connectivity index (χ4n) is 1.63. The highest BCUT2D eigenvalue weighted by molar-refractivity contribution is 5.90. The number of amides is 1. The van der Waals surface area contributed by atoms with Crippen molar-refractivity contribution in [2.24, 2.45) is 0 Å². The van der Waals surface area contributed by atoms with Crippen LogP contribution in [0.4, 0.5) is 5.69 Å². The maximum atomic E-state index is 11.7. The second kappa shape index (κ2) is 6.52. The van der Waals surface area contributed by atoms with Crippen LogP contribution in [0.3, 0.4) is 0 Å². The van der Waals surface area contributed by atoms with Gasteiger partial charge in [0, 0.05) is 37.3 Å². The molecule has 0 radical (unpaired) electrons. The van der Waals surface area contributed by atoms with Crippen LogP contribution in [0.25, 0.3) is 0 Å². The molecule has 1 aromatic rings. The van der Waals surface area contributed by atoms with E-state index in [0.29, 0.717) is 25.2 Å². The van der Waals surface area contributed by atoms with Gasteiger partial charge in [-0.1, -0.05) is 0 Å². The minimum absolute atomic E-state index is 0.00964. The molecule has 0 saturated carbocycles. The van der Waals surface area contributed by atoms with E-state index < -0.39 is 0 Å². The molecule has 5 nitrogen and oxygen atoms in total.